The quantitative estimate of drug-likeness (QED) is 0.919. The van der Waals surface area contributed by atoms with E-state index >= 15 is 0 Å². The first-order valence-electron chi connectivity index (χ1n) is 7.32. The van der Waals surface area contributed by atoms with Crippen LogP contribution in [0.4, 0.5) is 0 Å². The molecule has 0 radical (unpaired) electrons. The minimum Gasteiger partial charge on any atom is -0.346 e. The van der Waals surface area contributed by atoms with Crippen LogP contribution in [0.15, 0.2) is 24.7 Å². The Hall–Kier alpha value is -1.82. The first-order chi connectivity index (χ1) is 10.3. The monoisotopic (exact) mass is 323 g/mol. The molecule has 0 spiro atoms. The van der Waals surface area contributed by atoms with Crippen LogP contribution < -0.4 is 5.32 Å². The van der Waals surface area contributed by atoms with Crippen LogP contribution in [0.1, 0.15) is 38.2 Å². The maximum absolute atomic E-state index is 12.6. The SMILES string of the molecule is CCn1ncc(Cl)c1C(=O)NC(Cn1cccn1)C(C)(C)C. The number of rotatable bonds is 5. The molecule has 2 heterocycles. The Morgan fingerprint density at radius 1 is 1.41 bits per heavy atom. The molecule has 22 heavy (non-hydrogen) atoms. The van der Waals surface area contributed by atoms with Gasteiger partial charge < -0.3 is 5.32 Å². The second kappa shape index (κ2) is 6.52. The number of aryl methyl sites for hydroxylation is 1. The van der Waals surface area contributed by atoms with E-state index in [9.17, 15) is 4.79 Å². The normalized spacial score (nSPS) is 13.1. The molecule has 1 unspecified atom stereocenters. The highest BCUT2D eigenvalue weighted by Crippen LogP contribution is 2.22. The van der Waals surface area contributed by atoms with Crippen molar-refractivity contribution < 1.29 is 4.79 Å². The zero-order valence-corrected chi connectivity index (χ0v) is 14.1. The molecule has 7 heteroatoms. The van der Waals surface area contributed by atoms with Gasteiger partial charge in [0, 0.05) is 18.9 Å². The van der Waals surface area contributed by atoms with Gasteiger partial charge in [-0.05, 0) is 18.4 Å². The number of nitrogens with one attached hydrogen (secondary N) is 1. The van der Waals surface area contributed by atoms with Gasteiger partial charge in [-0.15, -0.1) is 0 Å². The van der Waals surface area contributed by atoms with Gasteiger partial charge in [0.15, 0.2) is 0 Å². The van der Waals surface area contributed by atoms with Crippen molar-refractivity contribution >= 4 is 17.5 Å². The number of halogens is 1. The number of hydrogen-bond acceptors (Lipinski definition) is 3. The standard InChI is InChI=1S/C15H22ClN5O/c1-5-21-13(11(16)9-18-21)14(22)19-12(15(2,3)4)10-20-8-6-7-17-20/h6-9,12H,5,10H2,1-4H3,(H,19,22). The summed E-state index contributed by atoms with van der Waals surface area (Å²) in [6, 6.07) is 1.78. The zero-order chi connectivity index (χ0) is 16.3. The van der Waals surface area contributed by atoms with E-state index in [0.717, 1.165) is 0 Å². The fraction of sp³-hybridized carbons (Fsp3) is 0.533. The Bertz CT molecular complexity index is 627. The van der Waals surface area contributed by atoms with Gasteiger partial charge in [0.25, 0.3) is 5.91 Å². The molecule has 120 valence electrons. The highest BCUT2D eigenvalue weighted by Gasteiger charge is 2.29. The van der Waals surface area contributed by atoms with E-state index in [0.29, 0.717) is 23.8 Å². The van der Waals surface area contributed by atoms with Crippen molar-refractivity contribution in [1.29, 1.82) is 0 Å². The molecule has 2 aromatic heterocycles. The summed E-state index contributed by atoms with van der Waals surface area (Å²) in [6.45, 7) is 9.36. The lowest BCUT2D eigenvalue weighted by molar-refractivity contribution is 0.0879. The number of nitrogens with zero attached hydrogens (tertiary/aromatic N) is 4. The Morgan fingerprint density at radius 2 is 2.14 bits per heavy atom. The molecule has 0 fully saturated rings. The first kappa shape index (κ1) is 16.5. The maximum atomic E-state index is 12.6. The molecule has 0 bridgehead atoms. The predicted octanol–water partition coefficient (Wildman–Crippen LogP) is 2.60. The van der Waals surface area contributed by atoms with Gasteiger partial charge in [-0.25, -0.2) is 0 Å². The van der Waals surface area contributed by atoms with Crippen LogP contribution in [0.2, 0.25) is 5.02 Å². The van der Waals surface area contributed by atoms with Gasteiger partial charge in [0.05, 0.1) is 23.8 Å². The molecule has 1 N–H and O–H groups in total. The van der Waals surface area contributed by atoms with Crippen molar-refractivity contribution in [1.82, 2.24) is 24.9 Å². The summed E-state index contributed by atoms with van der Waals surface area (Å²) in [5, 5.41) is 11.8. The van der Waals surface area contributed by atoms with Gasteiger partial charge in [-0.3, -0.25) is 14.2 Å². The summed E-state index contributed by atoms with van der Waals surface area (Å²) in [5.74, 6) is -0.212. The lowest BCUT2D eigenvalue weighted by Gasteiger charge is -2.31. The fourth-order valence-electron chi connectivity index (χ4n) is 2.19. The third-order valence-corrected chi connectivity index (χ3v) is 3.87. The molecular weight excluding hydrogens is 302 g/mol. The Balaban J connectivity index is 2.19. The van der Waals surface area contributed by atoms with Gasteiger partial charge in [0.2, 0.25) is 0 Å². The van der Waals surface area contributed by atoms with E-state index in [1.54, 1.807) is 10.9 Å². The molecule has 6 nitrogen and oxygen atoms in total. The van der Waals surface area contributed by atoms with Crippen molar-refractivity contribution in [2.24, 2.45) is 5.41 Å². The predicted molar refractivity (Wildman–Crippen MR) is 85.8 cm³/mol. The van der Waals surface area contributed by atoms with E-state index in [2.05, 4.69) is 36.3 Å². The second-order valence-electron chi connectivity index (χ2n) is 6.28. The molecule has 2 rings (SSSR count). The molecule has 0 saturated heterocycles. The number of aromatic nitrogens is 4. The van der Waals surface area contributed by atoms with Crippen LogP contribution in [0, 0.1) is 5.41 Å². The summed E-state index contributed by atoms with van der Waals surface area (Å²) in [7, 11) is 0. The van der Waals surface area contributed by atoms with Crippen molar-refractivity contribution in [2.75, 3.05) is 0 Å². The smallest absolute Gasteiger partial charge is 0.271 e. The third-order valence-electron chi connectivity index (χ3n) is 3.59. The van der Waals surface area contributed by atoms with Crippen LogP contribution in [0.25, 0.3) is 0 Å². The van der Waals surface area contributed by atoms with Gasteiger partial charge in [0.1, 0.15) is 5.69 Å². The minimum absolute atomic E-state index is 0.0869. The Kier molecular flexibility index (Phi) is 4.90. The van der Waals surface area contributed by atoms with Crippen molar-refractivity contribution in [2.45, 2.75) is 46.8 Å². The van der Waals surface area contributed by atoms with Crippen LogP contribution in [-0.2, 0) is 13.1 Å². The van der Waals surface area contributed by atoms with Crippen LogP contribution in [0.5, 0.6) is 0 Å². The number of carbonyl (C=O) groups is 1. The van der Waals surface area contributed by atoms with Gasteiger partial charge in [-0.1, -0.05) is 32.4 Å². The highest BCUT2D eigenvalue weighted by molar-refractivity contribution is 6.33. The van der Waals surface area contributed by atoms with Crippen molar-refractivity contribution in [3.8, 4) is 0 Å². The molecule has 1 amide bonds. The molecule has 0 aromatic carbocycles. The van der Waals surface area contributed by atoms with Crippen LogP contribution >= 0.6 is 11.6 Å². The molecule has 0 aliphatic rings. The summed E-state index contributed by atoms with van der Waals surface area (Å²) in [5.41, 5.74) is 0.282. The molecule has 0 aliphatic carbocycles. The van der Waals surface area contributed by atoms with Crippen LogP contribution in [-0.4, -0.2) is 31.5 Å². The number of amides is 1. The van der Waals surface area contributed by atoms with E-state index in [1.807, 2.05) is 23.9 Å². The minimum atomic E-state index is -0.212. The topological polar surface area (TPSA) is 64.7 Å². The molecule has 1 atom stereocenters. The van der Waals surface area contributed by atoms with Crippen LogP contribution in [0.3, 0.4) is 0 Å². The van der Waals surface area contributed by atoms with E-state index < -0.39 is 0 Å². The second-order valence-corrected chi connectivity index (χ2v) is 6.68. The van der Waals surface area contributed by atoms with E-state index in [-0.39, 0.29) is 17.4 Å². The van der Waals surface area contributed by atoms with Gasteiger partial charge in [-0.2, -0.15) is 10.2 Å². The average Bonchev–Trinajstić information content (AvgIpc) is 3.05. The molecule has 0 aliphatic heterocycles. The lowest BCUT2D eigenvalue weighted by atomic mass is 9.86. The summed E-state index contributed by atoms with van der Waals surface area (Å²) >= 11 is 6.10. The largest absolute Gasteiger partial charge is 0.346 e. The average molecular weight is 324 g/mol. The van der Waals surface area contributed by atoms with E-state index in [1.165, 1.54) is 6.20 Å². The summed E-state index contributed by atoms with van der Waals surface area (Å²) < 4.78 is 3.42. The molecule has 0 saturated carbocycles. The molecule has 2 aromatic rings. The number of hydrogen-bond donors (Lipinski definition) is 1. The highest BCUT2D eigenvalue weighted by atomic mass is 35.5. The maximum Gasteiger partial charge on any atom is 0.271 e. The first-order valence-corrected chi connectivity index (χ1v) is 7.70. The lowest BCUT2D eigenvalue weighted by Crippen LogP contribution is -2.47. The summed E-state index contributed by atoms with van der Waals surface area (Å²) in [6.07, 6.45) is 5.11. The summed E-state index contributed by atoms with van der Waals surface area (Å²) in [4.78, 5) is 12.6. The zero-order valence-electron chi connectivity index (χ0n) is 13.4. The third kappa shape index (κ3) is 3.68. The fourth-order valence-corrected chi connectivity index (χ4v) is 2.41. The molecular formula is C15H22ClN5O. The van der Waals surface area contributed by atoms with Gasteiger partial charge >= 0.3 is 0 Å². The van der Waals surface area contributed by atoms with Crippen molar-refractivity contribution in [3.63, 3.8) is 0 Å². The van der Waals surface area contributed by atoms with Crippen molar-refractivity contribution in [3.05, 3.63) is 35.4 Å². The Morgan fingerprint density at radius 3 is 2.68 bits per heavy atom. The van der Waals surface area contributed by atoms with E-state index in [4.69, 9.17) is 11.6 Å². The number of carbonyl (C=O) groups excluding carboxylic acids is 1. The Labute approximate surface area is 135 Å².